The number of benzene rings is 2. The van der Waals surface area contributed by atoms with Crippen LogP contribution in [0.15, 0.2) is 42.5 Å². The highest BCUT2D eigenvalue weighted by molar-refractivity contribution is 7.80. The van der Waals surface area contributed by atoms with Gasteiger partial charge in [0, 0.05) is 12.2 Å². The number of nitrogens with one attached hydrogen (secondary N) is 2. The molecule has 2 N–H and O–H groups in total. The molecule has 0 amide bonds. The van der Waals surface area contributed by atoms with E-state index in [-0.39, 0.29) is 0 Å². The van der Waals surface area contributed by atoms with E-state index in [1.807, 2.05) is 56.3 Å². The Labute approximate surface area is 154 Å². The van der Waals surface area contributed by atoms with Gasteiger partial charge in [-0.25, -0.2) is 0 Å². The first-order valence-electron chi connectivity index (χ1n) is 8.23. The molecular weight excluding hydrogens is 336 g/mol. The Hall–Kier alpha value is -2.47. The number of hydrogen-bond acceptors (Lipinski definition) is 4. The maximum Gasteiger partial charge on any atom is 0.171 e. The molecule has 5 nitrogen and oxygen atoms in total. The van der Waals surface area contributed by atoms with E-state index >= 15 is 0 Å². The third kappa shape index (κ3) is 5.83. The lowest BCUT2D eigenvalue weighted by Gasteiger charge is -2.14. The maximum atomic E-state index is 5.64. The van der Waals surface area contributed by atoms with Gasteiger partial charge < -0.3 is 24.8 Å². The quantitative estimate of drug-likeness (QED) is 0.695. The number of thiocarbonyl (C=S) groups is 1. The van der Waals surface area contributed by atoms with Crippen molar-refractivity contribution in [3.8, 4) is 17.2 Å². The minimum Gasteiger partial charge on any atom is -0.497 e. The second-order valence-electron chi connectivity index (χ2n) is 5.18. The Morgan fingerprint density at radius 3 is 2.28 bits per heavy atom. The molecule has 0 heterocycles. The summed E-state index contributed by atoms with van der Waals surface area (Å²) < 4.78 is 16.4. The first kappa shape index (κ1) is 18.9. The molecule has 25 heavy (non-hydrogen) atoms. The van der Waals surface area contributed by atoms with Crippen LogP contribution in [0.1, 0.15) is 19.4 Å². The van der Waals surface area contributed by atoms with Crippen molar-refractivity contribution >= 4 is 23.0 Å². The van der Waals surface area contributed by atoms with E-state index in [2.05, 4.69) is 10.6 Å². The fraction of sp³-hybridized carbons (Fsp3) is 0.316. The van der Waals surface area contributed by atoms with Crippen LogP contribution in [0.5, 0.6) is 17.2 Å². The highest BCUT2D eigenvalue weighted by Gasteiger charge is 2.06. The van der Waals surface area contributed by atoms with Crippen LogP contribution in [0.4, 0.5) is 5.69 Å². The van der Waals surface area contributed by atoms with Gasteiger partial charge in [0.15, 0.2) is 16.6 Å². The van der Waals surface area contributed by atoms with Gasteiger partial charge in [-0.15, -0.1) is 0 Å². The normalized spacial score (nSPS) is 10.0. The van der Waals surface area contributed by atoms with Crippen molar-refractivity contribution in [2.45, 2.75) is 20.4 Å². The van der Waals surface area contributed by atoms with Gasteiger partial charge in [-0.05, 0) is 68.0 Å². The van der Waals surface area contributed by atoms with E-state index in [9.17, 15) is 0 Å². The molecule has 134 valence electrons. The van der Waals surface area contributed by atoms with Crippen LogP contribution in [-0.4, -0.2) is 25.4 Å². The van der Waals surface area contributed by atoms with Gasteiger partial charge in [0.05, 0.1) is 20.3 Å². The number of anilines is 1. The second-order valence-corrected chi connectivity index (χ2v) is 5.59. The number of rotatable bonds is 8. The highest BCUT2D eigenvalue weighted by Crippen LogP contribution is 2.28. The van der Waals surface area contributed by atoms with E-state index in [4.69, 9.17) is 26.4 Å². The maximum absolute atomic E-state index is 5.64. The van der Waals surface area contributed by atoms with E-state index < -0.39 is 0 Å². The monoisotopic (exact) mass is 360 g/mol. The lowest BCUT2D eigenvalue weighted by atomic mass is 10.2. The van der Waals surface area contributed by atoms with Crippen molar-refractivity contribution in [2.24, 2.45) is 0 Å². The molecule has 0 fully saturated rings. The third-order valence-corrected chi connectivity index (χ3v) is 3.66. The van der Waals surface area contributed by atoms with E-state index in [0.717, 1.165) is 28.5 Å². The van der Waals surface area contributed by atoms with E-state index in [1.54, 1.807) is 7.11 Å². The molecule has 0 saturated heterocycles. The summed E-state index contributed by atoms with van der Waals surface area (Å²) in [7, 11) is 1.64. The van der Waals surface area contributed by atoms with Gasteiger partial charge in [-0.2, -0.15) is 0 Å². The molecule has 0 spiro atoms. The number of methoxy groups -OCH3 is 1. The summed E-state index contributed by atoms with van der Waals surface area (Å²) in [5.41, 5.74) is 1.96. The third-order valence-electron chi connectivity index (χ3n) is 3.41. The fourth-order valence-corrected chi connectivity index (χ4v) is 2.43. The topological polar surface area (TPSA) is 51.8 Å². The van der Waals surface area contributed by atoms with Crippen LogP contribution in [0.25, 0.3) is 0 Å². The van der Waals surface area contributed by atoms with Gasteiger partial charge in [-0.3, -0.25) is 0 Å². The van der Waals surface area contributed by atoms with Crippen molar-refractivity contribution in [3.63, 3.8) is 0 Å². The second kappa shape index (κ2) is 9.74. The molecule has 2 rings (SSSR count). The molecule has 6 heteroatoms. The Kier molecular flexibility index (Phi) is 7.35. The van der Waals surface area contributed by atoms with Crippen LogP contribution in [-0.2, 0) is 6.54 Å². The van der Waals surface area contributed by atoms with Crippen molar-refractivity contribution in [2.75, 3.05) is 25.6 Å². The molecule has 0 aliphatic carbocycles. The summed E-state index contributed by atoms with van der Waals surface area (Å²) >= 11 is 5.34. The molecule has 0 atom stereocenters. The predicted octanol–water partition coefficient (Wildman–Crippen LogP) is 3.98. The van der Waals surface area contributed by atoms with Gasteiger partial charge in [0.25, 0.3) is 0 Å². The lowest BCUT2D eigenvalue weighted by Crippen LogP contribution is -2.27. The molecule has 0 aromatic heterocycles. The molecule has 2 aromatic carbocycles. The summed E-state index contributed by atoms with van der Waals surface area (Å²) in [6.45, 7) is 5.69. The smallest absolute Gasteiger partial charge is 0.171 e. The molecule has 0 unspecified atom stereocenters. The molecule has 2 aromatic rings. The molecule has 0 saturated carbocycles. The standard InChI is InChI=1S/C19H24N2O3S/c1-4-23-17-11-6-14(12-18(17)24-5-2)13-20-19(25)21-15-7-9-16(22-3)10-8-15/h6-12H,4-5,13H2,1-3H3,(H2,20,21,25). The van der Waals surface area contributed by atoms with E-state index in [0.29, 0.717) is 24.9 Å². The summed E-state index contributed by atoms with van der Waals surface area (Å²) in [4.78, 5) is 0. The Bertz CT molecular complexity index is 690. The largest absolute Gasteiger partial charge is 0.497 e. The minimum absolute atomic E-state index is 0.553. The van der Waals surface area contributed by atoms with Gasteiger partial charge in [0.1, 0.15) is 5.75 Å². The van der Waals surface area contributed by atoms with Crippen LogP contribution >= 0.6 is 12.2 Å². The first-order valence-corrected chi connectivity index (χ1v) is 8.64. The summed E-state index contributed by atoms with van der Waals surface area (Å²) in [6.07, 6.45) is 0. The van der Waals surface area contributed by atoms with Gasteiger partial charge >= 0.3 is 0 Å². The van der Waals surface area contributed by atoms with Crippen molar-refractivity contribution in [1.82, 2.24) is 5.32 Å². The summed E-state index contributed by atoms with van der Waals surface area (Å²) in [5, 5.41) is 6.89. The molecule has 0 aliphatic rings. The van der Waals surface area contributed by atoms with Crippen LogP contribution < -0.4 is 24.8 Å². The molecule has 0 bridgehead atoms. The van der Waals surface area contributed by atoms with E-state index in [1.165, 1.54) is 0 Å². The number of hydrogen-bond donors (Lipinski definition) is 2. The minimum atomic E-state index is 0.553. The zero-order chi connectivity index (χ0) is 18.1. The Morgan fingerprint density at radius 1 is 0.960 bits per heavy atom. The molecular formula is C19H24N2O3S. The van der Waals surface area contributed by atoms with Crippen LogP contribution in [0, 0.1) is 0 Å². The SMILES string of the molecule is CCOc1ccc(CNC(=S)Nc2ccc(OC)cc2)cc1OCC. The first-order chi connectivity index (χ1) is 12.2. The zero-order valence-corrected chi connectivity index (χ0v) is 15.6. The Morgan fingerprint density at radius 2 is 1.64 bits per heavy atom. The zero-order valence-electron chi connectivity index (χ0n) is 14.8. The molecule has 0 radical (unpaired) electrons. The van der Waals surface area contributed by atoms with Gasteiger partial charge in [0.2, 0.25) is 0 Å². The Balaban J connectivity index is 1.92. The van der Waals surface area contributed by atoms with Crippen LogP contribution in [0.3, 0.4) is 0 Å². The number of ether oxygens (including phenoxy) is 3. The van der Waals surface area contributed by atoms with Crippen molar-refractivity contribution in [3.05, 3.63) is 48.0 Å². The highest BCUT2D eigenvalue weighted by atomic mass is 32.1. The lowest BCUT2D eigenvalue weighted by molar-refractivity contribution is 0.287. The summed E-state index contributed by atoms with van der Waals surface area (Å²) in [6, 6.07) is 13.5. The average molecular weight is 360 g/mol. The fourth-order valence-electron chi connectivity index (χ4n) is 2.24. The van der Waals surface area contributed by atoms with Gasteiger partial charge in [-0.1, -0.05) is 6.07 Å². The molecule has 0 aliphatic heterocycles. The summed E-state index contributed by atoms with van der Waals surface area (Å²) in [5.74, 6) is 2.31. The average Bonchev–Trinajstić information content (AvgIpc) is 2.63. The van der Waals surface area contributed by atoms with Crippen molar-refractivity contribution in [1.29, 1.82) is 0 Å². The predicted molar refractivity (Wildman–Crippen MR) is 105 cm³/mol. The van der Waals surface area contributed by atoms with Crippen molar-refractivity contribution < 1.29 is 14.2 Å². The van der Waals surface area contributed by atoms with Crippen LogP contribution in [0.2, 0.25) is 0 Å².